The SMILES string of the molecule is C/C=C/c1ccc(F)c(F)c1.[He]. The third-order valence-electron chi connectivity index (χ3n) is 1.30. The van der Waals surface area contributed by atoms with Gasteiger partial charge in [0.1, 0.15) is 0 Å². The average molecular weight is 158 g/mol. The molecule has 0 amide bonds. The average Bonchev–Trinajstić information content (AvgIpc) is 1.98. The molecule has 0 N–H and O–H groups in total. The van der Waals surface area contributed by atoms with Gasteiger partial charge in [-0.2, -0.15) is 0 Å². The van der Waals surface area contributed by atoms with Gasteiger partial charge < -0.3 is 0 Å². The molecule has 0 saturated carbocycles. The van der Waals surface area contributed by atoms with Crippen molar-refractivity contribution in [3.8, 4) is 0 Å². The molecule has 0 nitrogen and oxygen atoms in total. The van der Waals surface area contributed by atoms with Crippen molar-refractivity contribution < 1.29 is 14.9 Å². The fourth-order valence-electron chi connectivity index (χ4n) is 0.809. The number of hydrogen-bond acceptors (Lipinski definition) is 0. The molecule has 0 saturated heterocycles. The minimum absolute atomic E-state index is 0. The molecule has 12 heavy (non-hydrogen) atoms. The Morgan fingerprint density at radius 1 is 1.17 bits per heavy atom. The molecular weight excluding hydrogens is 150 g/mol. The Bertz CT molecular complexity index is 282. The topological polar surface area (TPSA) is 0 Å². The Morgan fingerprint density at radius 3 is 2.33 bits per heavy atom. The standard InChI is InChI=1S/C9H8F2.He/c1-2-3-7-4-5-8(10)9(11)6-7;/h2-6H,1H3;/b3-2+;. The predicted octanol–water partition coefficient (Wildman–Crippen LogP) is 3.00. The van der Waals surface area contributed by atoms with Crippen LogP contribution in [0, 0.1) is 17.8 Å². The molecule has 0 spiro atoms. The number of rotatable bonds is 1. The Kier molecular flexibility index (Phi) is 4.09. The Labute approximate surface area is 70.3 Å². The maximum absolute atomic E-state index is 12.5. The molecular formula is C9H8F2He. The van der Waals surface area contributed by atoms with E-state index in [9.17, 15) is 8.78 Å². The molecule has 0 radical (unpaired) electrons. The molecule has 0 atom stereocenters. The van der Waals surface area contributed by atoms with Crippen LogP contribution in [0.5, 0.6) is 0 Å². The van der Waals surface area contributed by atoms with Crippen LogP contribution in [0.15, 0.2) is 24.3 Å². The molecule has 0 bridgehead atoms. The normalized spacial score (nSPS) is 9.92. The van der Waals surface area contributed by atoms with Gasteiger partial charge in [0.25, 0.3) is 0 Å². The van der Waals surface area contributed by atoms with Crippen LogP contribution in [0.4, 0.5) is 8.78 Å². The van der Waals surface area contributed by atoms with E-state index in [4.69, 9.17) is 0 Å². The summed E-state index contributed by atoms with van der Waals surface area (Å²) in [4.78, 5) is 0. The van der Waals surface area contributed by atoms with E-state index in [0.29, 0.717) is 5.56 Å². The molecule has 3 heteroatoms. The summed E-state index contributed by atoms with van der Waals surface area (Å²) in [5.74, 6) is -1.61. The van der Waals surface area contributed by atoms with Gasteiger partial charge in [0.05, 0.1) is 0 Å². The quantitative estimate of drug-likeness (QED) is 0.589. The van der Waals surface area contributed by atoms with Gasteiger partial charge in [-0.15, -0.1) is 0 Å². The van der Waals surface area contributed by atoms with Gasteiger partial charge in [0.2, 0.25) is 0 Å². The second-order valence-electron chi connectivity index (χ2n) is 2.17. The van der Waals surface area contributed by atoms with Crippen LogP contribution in [-0.2, 0) is 0 Å². The molecule has 0 heterocycles. The number of hydrogen-bond donors (Lipinski definition) is 0. The summed E-state index contributed by atoms with van der Waals surface area (Å²) in [6.07, 6.45) is 3.48. The zero-order valence-electron chi connectivity index (χ0n) is 6.85. The molecule has 0 aliphatic rings. The van der Waals surface area contributed by atoms with E-state index in [-0.39, 0.29) is 6.15 Å². The van der Waals surface area contributed by atoms with Crippen molar-refractivity contribution in [1.82, 2.24) is 0 Å². The van der Waals surface area contributed by atoms with Crippen molar-refractivity contribution in [3.63, 3.8) is 0 Å². The van der Waals surface area contributed by atoms with E-state index in [2.05, 4.69) is 0 Å². The molecule has 1 aromatic carbocycles. The van der Waals surface area contributed by atoms with Crippen LogP contribution in [0.25, 0.3) is 6.08 Å². The third-order valence-corrected chi connectivity index (χ3v) is 1.30. The maximum Gasteiger partial charge on any atom is 0.159 e. The first-order valence-corrected chi connectivity index (χ1v) is 3.32. The second kappa shape index (κ2) is 4.58. The Hall–Kier alpha value is -1.27. The smallest absolute Gasteiger partial charge is 0.159 e. The van der Waals surface area contributed by atoms with E-state index in [1.54, 1.807) is 12.2 Å². The summed E-state index contributed by atoms with van der Waals surface area (Å²) in [7, 11) is 0. The fourth-order valence-corrected chi connectivity index (χ4v) is 0.809. The minimum Gasteiger partial charge on any atom is -0.204 e. The van der Waals surface area contributed by atoms with Crippen molar-refractivity contribution in [1.29, 1.82) is 0 Å². The van der Waals surface area contributed by atoms with Crippen molar-refractivity contribution in [2.24, 2.45) is 0 Å². The largest absolute Gasteiger partial charge is 0.204 e. The molecule has 60 valence electrons. The van der Waals surface area contributed by atoms with Gasteiger partial charge in [-0.1, -0.05) is 18.2 Å². The van der Waals surface area contributed by atoms with Crippen LogP contribution in [-0.4, -0.2) is 0 Å². The first-order chi connectivity index (χ1) is 5.24. The van der Waals surface area contributed by atoms with Crippen molar-refractivity contribution in [2.75, 3.05) is 0 Å². The summed E-state index contributed by atoms with van der Waals surface area (Å²) in [5.41, 5.74) is 0.673. The van der Waals surface area contributed by atoms with E-state index < -0.39 is 11.6 Å². The van der Waals surface area contributed by atoms with Gasteiger partial charge in [-0.3, -0.25) is 0 Å². The van der Waals surface area contributed by atoms with Crippen LogP contribution < -0.4 is 0 Å². The monoisotopic (exact) mass is 158 g/mol. The number of benzene rings is 1. The summed E-state index contributed by atoms with van der Waals surface area (Å²) in [5, 5.41) is 0. The van der Waals surface area contributed by atoms with Gasteiger partial charge in [-0.25, -0.2) is 8.78 Å². The van der Waals surface area contributed by atoms with Crippen molar-refractivity contribution in [3.05, 3.63) is 41.5 Å². The predicted molar refractivity (Wildman–Crippen MR) is 41.1 cm³/mol. The number of halogens is 2. The van der Waals surface area contributed by atoms with E-state index in [0.717, 1.165) is 12.1 Å². The van der Waals surface area contributed by atoms with Crippen molar-refractivity contribution in [2.45, 2.75) is 6.92 Å². The first kappa shape index (κ1) is 10.7. The van der Waals surface area contributed by atoms with Crippen LogP contribution in [0.3, 0.4) is 0 Å². The van der Waals surface area contributed by atoms with Crippen molar-refractivity contribution >= 4 is 6.08 Å². The number of allylic oxidation sites excluding steroid dienone is 1. The first-order valence-electron chi connectivity index (χ1n) is 3.32. The molecule has 0 aliphatic carbocycles. The molecule has 0 fully saturated rings. The third kappa shape index (κ3) is 2.40. The van der Waals surface area contributed by atoms with Gasteiger partial charge >= 0.3 is 0 Å². The Balaban J connectivity index is 0.00000121. The van der Waals surface area contributed by atoms with Crippen LogP contribution in [0.2, 0.25) is 0 Å². The second-order valence-corrected chi connectivity index (χ2v) is 2.17. The Morgan fingerprint density at radius 2 is 1.83 bits per heavy atom. The van der Waals surface area contributed by atoms with Gasteiger partial charge in [0, 0.05) is 6.15 Å². The van der Waals surface area contributed by atoms with E-state index >= 15 is 0 Å². The van der Waals surface area contributed by atoms with Gasteiger partial charge in [-0.05, 0) is 24.6 Å². The minimum atomic E-state index is -0.807. The van der Waals surface area contributed by atoms with Crippen LogP contribution in [0.1, 0.15) is 12.5 Å². The summed E-state index contributed by atoms with van der Waals surface area (Å²) in [6, 6.07) is 3.80. The van der Waals surface area contributed by atoms with E-state index in [1.807, 2.05) is 6.92 Å². The fraction of sp³-hybridized carbons (Fsp3) is 0.111. The maximum atomic E-state index is 12.5. The molecule has 0 aliphatic heterocycles. The molecule has 1 rings (SSSR count). The van der Waals surface area contributed by atoms with Gasteiger partial charge in [0.15, 0.2) is 11.6 Å². The summed E-state index contributed by atoms with van der Waals surface area (Å²) in [6.45, 7) is 1.82. The van der Waals surface area contributed by atoms with E-state index in [1.165, 1.54) is 6.07 Å². The summed E-state index contributed by atoms with van der Waals surface area (Å²) >= 11 is 0. The molecule has 0 unspecified atom stereocenters. The zero-order valence-corrected chi connectivity index (χ0v) is 6.85. The zero-order chi connectivity index (χ0) is 8.27. The summed E-state index contributed by atoms with van der Waals surface area (Å²) < 4.78 is 24.8. The molecule has 1 aromatic rings. The molecule has 0 aromatic heterocycles. The van der Waals surface area contributed by atoms with Crippen LogP contribution >= 0.6 is 0 Å².